The number of rotatable bonds is 8. The van der Waals surface area contributed by atoms with Gasteiger partial charge in [0.15, 0.2) is 5.65 Å². The molecule has 3 heterocycles. The van der Waals surface area contributed by atoms with Gasteiger partial charge < -0.3 is 10.2 Å². The summed E-state index contributed by atoms with van der Waals surface area (Å²) in [5, 5.41) is 13.3. The highest BCUT2D eigenvalue weighted by Crippen LogP contribution is 2.32. The number of carbonyl (C=O) groups excluding carboxylic acids is 1. The first kappa shape index (κ1) is 21.0. The van der Waals surface area contributed by atoms with Crippen molar-refractivity contribution < 1.29 is 4.79 Å². The van der Waals surface area contributed by atoms with Gasteiger partial charge in [-0.25, -0.2) is 4.98 Å². The second-order valence-corrected chi connectivity index (χ2v) is 8.25. The van der Waals surface area contributed by atoms with E-state index in [9.17, 15) is 4.79 Å². The third-order valence-electron chi connectivity index (χ3n) is 5.01. The molecule has 1 amide bonds. The molecule has 3 aromatic heterocycles. The van der Waals surface area contributed by atoms with Gasteiger partial charge in [0.1, 0.15) is 17.0 Å². The standard InChI is InChI=1S/C22H32N6O/c1-7-27(8-2)22(29)18-19(24-13-15(5)6)16-10-9-11-23-20(16)28-17(12-14(3)4)25-26-21(18)28/h9-11,14-15,24H,7-8,12-13H2,1-6H3. The molecule has 1 N–H and O–H groups in total. The van der Waals surface area contributed by atoms with Crippen LogP contribution in [-0.4, -0.2) is 50.0 Å². The van der Waals surface area contributed by atoms with Gasteiger partial charge in [0, 0.05) is 37.6 Å². The van der Waals surface area contributed by atoms with E-state index in [1.165, 1.54) is 0 Å². The Labute approximate surface area is 172 Å². The van der Waals surface area contributed by atoms with Gasteiger partial charge in [-0.15, -0.1) is 10.2 Å². The van der Waals surface area contributed by atoms with Crippen molar-refractivity contribution in [2.45, 2.75) is 48.0 Å². The quantitative estimate of drug-likeness (QED) is 0.622. The lowest BCUT2D eigenvalue weighted by Crippen LogP contribution is -2.32. The monoisotopic (exact) mass is 396 g/mol. The molecule has 0 fully saturated rings. The first-order valence-corrected chi connectivity index (χ1v) is 10.6. The van der Waals surface area contributed by atoms with Crippen LogP contribution in [-0.2, 0) is 6.42 Å². The Hall–Kier alpha value is -2.70. The molecule has 29 heavy (non-hydrogen) atoms. The lowest BCUT2D eigenvalue weighted by Gasteiger charge is -2.23. The van der Waals surface area contributed by atoms with Crippen molar-refractivity contribution >= 4 is 28.3 Å². The summed E-state index contributed by atoms with van der Waals surface area (Å²) in [5.74, 6) is 1.66. The molecule has 0 saturated heterocycles. The molecule has 7 nitrogen and oxygen atoms in total. The van der Waals surface area contributed by atoms with Gasteiger partial charge in [-0.2, -0.15) is 0 Å². The number of nitrogens with zero attached hydrogens (tertiary/aromatic N) is 5. The predicted molar refractivity (Wildman–Crippen MR) is 117 cm³/mol. The summed E-state index contributed by atoms with van der Waals surface area (Å²) in [5.41, 5.74) is 2.74. The van der Waals surface area contributed by atoms with Gasteiger partial charge in [0.25, 0.3) is 5.91 Å². The maximum absolute atomic E-state index is 13.5. The highest BCUT2D eigenvalue weighted by molar-refractivity contribution is 6.11. The molecule has 0 aromatic carbocycles. The number of hydrogen-bond acceptors (Lipinski definition) is 5. The van der Waals surface area contributed by atoms with Crippen LogP contribution in [0.1, 0.15) is 57.7 Å². The highest BCUT2D eigenvalue weighted by Gasteiger charge is 2.27. The van der Waals surface area contributed by atoms with Gasteiger partial charge >= 0.3 is 0 Å². The maximum atomic E-state index is 13.5. The number of carbonyl (C=O) groups is 1. The van der Waals surface area contributed by atoms with Crippen LogP contribution in [0.3, 0.4) is 0 Å². The Morgan fingerprint density at radius 3 is 2.45 bits per heavy atom. The summed E-state index contributed by atoms with van der Waals surface area (Å²) >= 11 is 0. The first-order valence-electron chi connectivity index (χ1n) is 10.6. The van der Waals surface area contributed by atoms with Gasteiger partial charge in [0.05, 0.1) is 5.69 Å². The normalized spacial score (nSPS) is 11.7. The summed E-state index contributed by atoms with van der Waals surface area (Å²) in [6.07, 6.45) is 2.55. The van der Waals surface area contributed by atoms with E-state index in [4.69, 9.17) is 0 Å². The lowest BCUT2D eigenvalue weighted by molar-refractivity contribution is 0.0775. The fourth-order valence-corrected chi connectivity index (χ4v) is 3.58. The molecule has 0 atom stereocenters. The average Bonchev–Trinajstić information content (AvgIpc) is 3.09. The van der Waals surface area contributed by atoms with E-state index in [-0.39, 0.29) is 5.91 Å². The SMILES string of the molecule is CCN(CC)C(=O)c1c(NCC(C)C)c2cccnc2n2c(CC(C)C)nnc12. The number of amides is 1. The van der Waals surface area contributed by atoms with Crippen molar-refractivity contribution in [3.05, 3.63) is 29.7 Å². The fraction of sp³-hybridized carbons (Fsp3) is 0.545. The Kier molecular flexibility index (Phi) is 6.35. The number of hydrogen-bond donors (Lipinski definition) is 1. The van der Waals surface area contributed by atoms with Crippen LogP contribution in [0, 0.1) is 11.8 Å². The Balaban J connectivity index is 2.37. The van der Waals surface area contributed by atoms with Gasteiger partial charge in [-0.3, -0.25) is 9.20 Å². The zero-order chi connectivity index (χ0) is 21.1. The zero-order valence-corrected chi connectivity index (χ0v) is 18.4. The van der Waals surface area contributed by atoms with Crippen LogP contribution < -0.4 is 5.32 Å². The molecule has 7 heteroatoms. The predicted octanol–water partition coefficient (Wildman–Crippen LogP) is 4.03. The molecule has 3 aromatic rings. The van der Waals surface area contributed by atoms with Crippen molar-refractivity contribution in [1.29, 1.82) is 0 Å². The highest BCUT2D eigenvalue weighted by atomic mass is 16.2. The molecule has 156 valence electrons. The Morgan fingerprint density at radius 1 is 1.10 bits per heavy atom. The van der Waals surface area contributed by atoms with Crippen LogP contribution in [0.15, 0.2) is 18.3 Å². The molecular formula is C22H32N6O. The van der Waals surface area contributed by atoms with E-state index in [1.807, 2.05) is 35.3 Å². The maximum Gasteiger partial charge on any atom is 0.259 e. The van der Waals surface area contributed by atoms with E-state index >= 15 is 0 Å². The molecule has 0 aliphatic rings. The summed E-state index contributed by atoms with van der Waals surface area (Å²) in [7, 11) is 0. The third kappa shape index (κ3) is 4.04. The number of anilines is 1. The molecule has 0 unspecified atom stereocenters. The van der Waals surface area contributed by atoms with Crippen LogP contribution in [0.2, 0.25) is 0 Å². The van der Waals surface area contributed by atoms with E-state index in [0.717, 1.165) is 35.5 Å². The zero-order valence-electron chi connectivity index (χ0n) is 18.4. The molecule has 0 spiro atoms. The number of nitrogens with one attached hydrogen (secondary N) is 1. The average molecular weight is 397 g/mol. The molecule has 0 aliphatic carbocycles. The topological polar surface area (TPSA) is 75.4 Å². The van der Waals surface area contributed by atoms with Crippen LogP contribution >= 0.6 is 0 Å². The van der Waals surface area contributed by atoms with Crippen molar-refractivity contribution in [3.63, 3.8) is 0 Å². The Morgan fingerprint density at radius 2 is 1.83 bits per heavy atom. The van der Waals surface area contributed by atoms with E-state index < -0.39 is 0 Å². The minimum atomic E-state index is -0.0273. The number of pyridine rings is 2. The lowest BCUT2D eigenvalue weighted by atomic mass is 10.1. The van der Waals surface area contributed by atoms with Crippen molar-refractivity contribution in [1.82, 2.24) is 24.5 Å². The third-order valence-corrected chi connectivity index (χ3v) is 5.01. The number of aromatic nitrogens is 4. The van der Waals surface area contributed by atoms with E-state index in [2.05, 4.69) is 48.2 Å². The first-order chi connectivity index (χ1) is 13.9. The molecule has 0 radical (unpaired) electrons. The molecule has 3 rings (SSSR count). The largest absolute Gasteiger partial charge is 0.383 e. The molecular weight excluding hydrogens is 364 g/mol. The molecule has 0 bridgehead atoms. The van der Waals surface area contributed by atoms with Crippen molar-refractivity contribution in [2.24, 2.45) is 11.8 Å². The second-order valence-electron chi connectivity index (χ2n) is 8.25. The molecule has 0 saturated carbocycles. The van der Waals surface area contributed by atoms with Gasteiger partial charge in [0.2, 0.25) is 0 Å². The fourth-order valence-electron chi connectivity index (χ4n) is 3.58. The van der Waals surface area contributed by atoms with Crippen LogP contribution in [0.4, 0.5) is 5.69 Å². The van der Waals surface area contributed by atoms with E-state index in [1.54, 1.807) is 6.20 Å². The summed E-state index contributed by atoms with van der Waals surface area (Å²) in [6.45, 7) is 14.6. The minimum Gasteiger partial charge on any atom is -0.383 e. The minimum absolute atomic E-state index is 0.0273. The number of fused-ring (bicyclic) bond motifs is 3. The van der Waals surface area contributed by atoms with E-state index in [0.29, 0.717) is 36.1 Å². The summed E-state index contributed by atoms with van der Waals surface area (Å²) in [6, 6.07) is 3.93. The van der Waals surface area contributed by atoms with Crippen molar-refractivity contribution in [3.8, 4) is 0 Å². The summed E-state index contributed by atoms with van der Waals surface area (Å²) < 4.78 is 1.96. The van der Waals surface area contributed by atoms with Crippen LogP contribution in [0.25, 0.3) is 16.7 Å². The van der Waals surface area contributed by atoms with Crippen LogP contribution in [0.5, 0.6) is 0 Å². The van der Waals surface area contributed by atoms with Crippen molar-refractivity contribution in [2.75, 3.05) is 25.0 Å². The molecule has 0 aliphatic heterocycles. The summed E-state index contributed by atoms with van der Waals surface area (Å²) in [4.78, 5) is 20.0. The van der Waals surface area contributed by atoms with Gasteiger partial charge in [-0.1, -0.05) is 27.7 Å². The van der Waals surface area contributed by atoms with Gasteiger partial charge in [-0.05, 0) is 37.8 Å². The Bertz CT molecular complexity index is 1000. The second kappa shape index (κ2) is 8.76. The smallest absolute Gasteiger partial charge is 0.259 e.